The van der Waals surface area contributed by atoms with E-state index in [1.807, 2.05) is 0 Å². The average molecular weight is 250 g/mol. The van der Waals surface area contributed by atoms with E-state index < -0.39 is 5.97 Å². The highest BCUT2D eigenvalue weighted by Gasteiger charge is 2.32. The van der Waals surface area contributed by atoms with Crippen LogP contribution in [-0.4, -0.2) is 27.0 Å². The molecule has 1 N–H and O–H groups in total. The van der Waals surface area contributed by atoms with Crippen LogP contribution < -0.4 is 4.74 Å². The number of nitrogens with zero attached hydrogens (tertiary/aromatic N) is 2. The molecular weight excluding hydrogens is 232 g/mol. The Labute approximate surface area is 106 Å². The maximum atomic E-state index is 11.3. The number of rotatable bonds is 4. The summed E-state index contributed by atoms with van der Waals surface area (Å²) in [6.45, 7) is 0. The molecule has 5 nitrogen and oxygen atoms in total. The van der Waals surface area contributed by atoms with Crippen LogP contribution in [0.4, 0.5) is 0 Å². The van der Waals surface area contributed by atoms with Gasteiger partial charge in [0.1, 0.15) is 0 Å². The molecule has 0 aliphatic heterocycles. The van der Waals surface area contributed by atoms with E-state index in [0.717, 1.165) is 25.7 Å². The van der Waals surface area contributed by atoms with Crippen LogP contribution in [0.5, 0.6) is 5.75 Å². The van der Waals surface area contributed by atoms with Crippen molar-refractivity contribution in [1.82, 2.24) is 9.78 Å². The molecule has 3 rings (SSSR count). The summed E-state index contributed by atoms with van der Waals surface area (Å²) < 4.78 is 7.45. The number of hydrogen-bond acceptors (Lipinski definition) is 3. The van der Waals surface area contributed by atoms with Gasteiger partial charge in [-0.25, -0.2) is 4.79 Å². The first kappa shape index (κ1) is 11.6. The van der Waals surface area contributed by atoms with Gasteiger partial charge in [-0.3, -0.25) is 4.68 Å². The van der Waals surface area contributed by atoms with E-state index in [1.165, 1.54) is 19.3 Å². The smallest absolute Gasteiger partial charge is 0.358 e. The third kappa shape index (κ3) is 2.21. The average Bonchev–Trinajstić information content (AvgIpc) is 3.12. The van der Waals surface area contributed by atoms with Crippen molar-refractivity contribution in [3.63, 3.8) is 0 Å². The van der Waals surface area contributed by atoms with Crippen LogP contribution in [0.3, 0.4) is 0 Å². The summed E-state index contributed by atoms with van der Waals surface area (Å²) in [6.07, 6.45) is 9.40. The molecule has 2 fully saturated rings. The molecule has 0 amide bonds. The van der Waals surface area contributed by atoms with Crippen molar-refractivity contribution in [1.29, 1.82) is 0 Å². The van der Waals surface area contributed by atoms with Crippen LogP contribution in [0, 0.1) is 0 Å². The van der Waals surface area contributed by atoms with Gasteiger partial charge in [-0.1, -0.05) is 6.42 Å². The van der Waals surface area contributed by atoms with Crippen molar-refractivity contribution >= 4 is 5.97 Å². The molecule has 0 spiro atoms. The molecular formula is C13H18N2O3. The molecule has 0 radical (unpaired) electrons. The minimum atomic E-state index is -0.940. The van der Waals surface area contributed by atoms with Gasteiger partial charge in [0.25, 0.3) is 0 Å². The quantitative estimate of drug-likeness (QED) is 0.892. The Morgan fingerprint density at radius 3 is 2.61 bits per heavy atom. The molecule has 1 heterocycles. The van der Waals surface area contributed by atoms with Crippen LogP contribution in [-0.2, 0) is 0 Å². The molecule has 18 heavy (non-hydrogen) atoms. The van der Waals surface area contributed by atoms with Gasteiger partial charge < -0.3 is 9.84 Å². The van der Waals surface area contributed by atoms with E-state index >= 15 is 0 Å². The highest BCUT2D eigenvalue weighted by molar-refractivity contribution is 5.88. The summed E-state index contributed by atoms with van der Waals surface area (Å²) in [6, 6.07) is 0.264. The number of carboxylic acids is 1. The van der Waals surface area contributed by atoms with Crippen molar-refractivity contribution in [2.75, 3.05) is 0 Å². The maximum absolute atomic E-state index is 11.3. The molecule has 2 aliphatic carbocycles. The van der Waals surface area contributed by atoms with Crippen molar-refractivity contribution < 1.29 is 14.6 Å². The van der Waals surface area contributed by atoms with Crippen LogP contribution in [0.25, 0.3) is 0 Å². The molecule has 98 valence electrons. The van der Waals surface area contributed by atoms with Gasteiger partial charge in [-0.15, -0.1) is 0 Å². The Morgan fingerprint density at radius 2 is 2.00 bits per heavy atom. The summed E-state index contributed by atoms with van der Waals surface area (Å²) in [5.74, 6) is -0.494. The van der Waals surface area contributed by atoms with Crippen LogP contribution in [0.2, 0.25) is 0 Å². The standard InChI is InChI=1S/C13H18N2O3/c16-13(17)12-11(8-14-15(12)9-6-7-9)18-10-4-2-1-3-5-10/h8-10H,1-7H2,(H,16,17). The first-order chi connectivity index (χ1) is 8.75. The molecule has 0 unspecified atom stereocenters. The second kappa shape index (κ2) is 4.63. The lowest BCUT2D eigenvalue weighted by molar-refractivity contribution is 0.0671. The van der Waals surface area contributed by atoms with E-state index in [9.17, 15) is 9.90 Å². The van der Waals surface area contributed by atoms with Crippen LogP contribution in [0.15, 0.2) is 6.20 Å². The third-order valence-electron chi connectivity index (χ3n) is 3.70. The summed E-state index contributed by atoms with van der Waals surface area (Å²) >= 11 is 0. The normalized spacial score (nSPS) is 20.9. The molecule has 1 aromatic rings. The number of carboxylic acid groups (broad SMARTS) is 1. The summed E-state index contributed by atoms with van der Waals surface area (Å²) in [4.78, 5) is 11.3. The van der Waals surface area contributed by atoms with Crippen molar-refractivity contribution in [3.05, 3.63) is 11.9 Å². The zero-order valence-corrected chi connectivity index (χ0v) is 10.3. The first-order valence-corrected chi connectivity index (χ1v) is 6.73. The summed E-state index contributed by atoms with van der Waals surface area (Å²) in [7, 11) is 0. The molecule has 2 aliphatic rings. The minimum absolute atomic E-state index is 0.161. The lowest BCUT2D eigenvalue weighted by atomic mass is 9.98. The van der Waals surface area contributed by atoms with Gasteiger partial charge in [0.05, 0.1) is 18.3 Å². The highest BCUT2D eigenvalue weighted by atomic mass is 16.5. The second-order valence-corrected chi connectivity index (χ2v) is 5.22. The molecule has 0 saturated heterocycles. The Morgan fingerprint density at radius 1 is 1.28 bits per heavy atom. The Kier molecular flexibility index (Phi) is 2.97. The van der Waals surface area contributed by atoms with Crippen LogP contribution >= 0.6 is 0 Å². The van der Waals surface area contributed by atoms with E-state index in [4.69, 9.17) is 4.74 Å². The zero-order valence-electron chi connectivity index (χ0n) is 10.3. The van der Waals surface area contributed by atoms with Crippen molar-refractivity contribution in [2.45, 2.75) is 57.1 Å². The zero-order chi connectivity index (χ0) is 12.5. The predicted octanol–water partition coefficient (Wildman–Crippen LogP) is 2.63. The molecule has 0 atom stereocenters. The molecule has 5 heteroatoms. The predicted molar refractivity (Wildman–Crippen MR) is 65.0 cm³/mol. The monoisotopic (exact) mass is 250 g/mol. The number of carbonyl (C=O) groups is 1. The topological polar surface area (TPSA) is 64.3 Å². The third-order valence-corrected chi connectivity index (χ3v) is 3.70. The first-order valence-electron chi connectivity index (χ1n) is 6.73. The molecule has 1 aromatic heterocycles. The second-order valence-electron chi connectivity index (χ2n) is 5.22. The van der Waals surface area contributed by atoms with E-state index in [0.29, 0.717) is 5.75 Å². The maximum Gasteiger partial charge on any atom is 0.358 e. The molecule has 0 aromatic carbocycles. The number of aromatic carboxylic acids is 1. The SMILES string of the molecule is O=C(O)c1c(OC2CCCCC2)cnn1C1CC1. The van der Waals surface area contributed by atoms with Crippen molar-refractivity contribution in [2.24, 2.45) is 0 Å². The fourth-order valence-corrected chi connectivity index (χ4v) is 2.59. The Balaban J connectivity index is 1.79. The number of hydrogen-bond donors (Lipinski definition) is 1. The number of aromatic nitrogens is 2. The molecule has 0 bridgehead atoms. The lowest BCUT2D eigenvalue weighted by Gasteiger charge is -2.22. The van der Waals surface area contributed by atoms with Gasteiger partial charge in [-0.05, 0) is 38.5 Å². The van der Waals surface area contributed by atoms with E-state index in [2.05, 4.69) is 5.10 Å². The fourth-order valence-electron chi connectivity index (χ4n) is 2.59. The van der Waals surface area contributed by atoms with Gasteiger partial charge in [-0.2, -0.15) is 5.10 Å². The van der Waals surface area contributed by atoms with Gasteiger partial charge in [0.15, 0.2) is 11.4 Å². The highest BCUT2D eigenvalue weighted by Crippen LogP contribution is 2.38. The minimum Gasteiger partial charge on any atom is -0.486 e. The Hall–Kier alpha value is -1.52. The van der Waals surface area contributed by atoms with E-state index in [-0.39, 0.29) is 17.8 Å². The molecule has 2 saturated carbocycles. The van der Waals surface area contributed by atoms with Gasteiger partial charge >= 0.3 is 5.97 Å². The van der Waals surface area contributed by atoms with E-state index in [1.54, 1.807) is 10.9 Å². The van der Waals surface area contributed by atoms with Gasteiger partial charge in [0.2, 0.25) is 0 Å². The van der Waals surface area contributed by atoms with Crippen molar-refractivity contribution in [3.8, 4) is 5.75 Å². The lowest BCUT2D eigenvalue weighted by Crippen LogP contribution is -2.21. The largest absolute Gasteiger partial charge is 0.486 e. The Bertz CT molecular complexity index is 445. The summed E-state index contributed by atoms with van der Waals surface area (Å²) in [5.41, 5.74) is 0.225. The fraction of sp³-hybridized carbons (Fsp3) is 0.692. The summed E-state index contributed by atoms with van der Waals surface area (Å²) in [5, 5.41) is 13.5. The van der Waals surface area contributed by atoms with Crippen LogP contribution in [0.1, 0.15) is 61.5 Å². The van der Waals surface area contributed by atoms with Gasteiger partial charge in [0, 0.05) is 0 Å². The number of ether oxygens (including phenoxy) is 1.